The Morgan fingerprint density at radius 1 is 1.35 bits per heavy atom. The summed E-state index contributed by atoms with van der Waals surface area (Å²) in [7, 11) is -4.49. The van der Waals surface area contributed by atoms with Crippen molar-refractivity contribution in [3.63, 3.8) is 0 Å². The first-order chi connectivity index (χ1) is 12.0. The van der Waals surface area contributed by atoms with E-state index in [1.54, 1.807) is 18.2 Å². The molecular formula is C16H22ClN2O6P. The number of carboxylic acid groups (broad SMARTS) is 1. The first kappa shape index (κ1) is 20.7. The molecule has 1 aliphatic rings. The molecule has 0 aromatic heterocycles. The number of nitrogens with zero attached hydrogens (tertiary/aromatic N) is 2. The zero-order chi connectivity index (χ0) is 19.6. The molecule has 0 bridgehead atoms. The van der Waals surface area contributed by atoms with Crippen molar-refractivity contribution in [3.05, 3.63) is 34.3 Å². The van der Waals surface area contributed by atoms with Crippen LogP contribution in [0.4, 0.5) is 4.79 Å². The quantitative estimate of drug-likeness (QED) is 0.648. The van der Waals surface area contributed by atoms with E-state index in [2.05, 4.69) is 0 Å². The van der Waals surface area contributed by atoms with Crippen LogP contribution in [0, 0.1) is 5.92 Å². The summed E-state index contributed by atoms with van der Waals surface area (Å²) in [5.41, 5.74) is 1.51. The van der Waals surface area contributed by atoms with Crippen LogP contribution in [0.3, 0.4) is 0 Å². The lowest BCUT2D eigenvalue weighted by atomic mass is 9.94. The highest BCUT2D eigenvalue weighted by Crippen LogP contribution is 2.36. The van der Waals surface area contributed by atoms with Gasteiger partial charge < -0.3 is 24.7 Å². The van der Waals surface area contributed by atoms with Gasteiger partial charge in [0.15, 0.2) is 0 Å². The number of carbonyl (C=O) groups is 2. The number of benzene rings is 1. The molecule has 144 valence electrons. The zero-order valence-corrected chi connectivity index (χ0v) is 16.2. The Labute approximate surface area is 156 Å². The lowest BCUT2D eigenvalue weighted by molar-refractivity contribution is -0.142. The number of aliphatic carboxylic acids is 1. The van der Waals surface area contributed by atoms with Gasteiger partial charge in [-0.05, 0) is 29.2 Å². The second-order valence-corrected chi connectivity index (χ2v) is 8.85. The molecule has 1 unspecified atom stereocenters. The van der Waals surface area contributed by atoms with Gasteiger partial charge >= 0.3 is 19.6 Å². The van der Waals surface area contributed by atoms with Crippen LogP contribution >= 0.6 is 19.2 Å². The number of hydrogen-bond donors (Lipinski definition) is 3. The number of hydrogen-bond acceptors (Lipinski definition) is 3. The van der Waals surface area contributed by atoms with Crippen molar-refractivity contribution in [2.45, 2.75) is 32.9 Å². The van der Waals surface area contributed by atoms with E-state index in [0.29, 0.717) is 5.02 Å². The SMILES string of the molecule is CC(C)CN(CP(=O)(O)O)C(=O)N1Cc2ccc(Cl)cc2CC1C(=O)O. The Kier molecular flexibility index (Phi) is 6.34. The predicted octanol–water partition coefficient (Wildman–Crippen LogP) is 2.36. The Hall–Kier alpha value is -1.60. The lowest BCUT2D eigenvalue weighted by Crippen LogP contribution is -2.54. The fourth-order valence-electron chi connectivity index (χ4n) is 3.01. The third kappa shape index (κ3) is 5.20. The molecule has 1 aromatic carbocycles. The van der Waals surface area contributed by atoms with Gasteiger partial charge in [-0.15, -0.1) is 0 Å². The molecule has 0 radical (unpaired) electrons. The third-order valence-electron chi connectivity index (χ3n) is 4.04. The van der Waals surface area contributed by atoms with E-state index in [1.807, 2.05) is 13.8 Å². The van der Waals surface area contributed by atoms with Gasteiger partial charge in [-0.1, -0.05) is 31.5 Å². The van der Waals surface area contributed by atoms with Crippen LogP contribution in [0.5, 0.6) is 0 Å². The van der Waals surface area contributed by atoms with Crippen LogP contribution in [-0.2, 0) is 22.3 Å². The van der Waals surface area contributed by atoms with Gasteiger partial charge in [0.05, 0.1) is 0 Å². The van der Waals surface area contributed by atoms with Crippen molar-refractivity contribution in [2.24, 2.45) is 5.92 Å². The van der Waals surface area contributed by atoms with Crippen molar-refractivity contribution in [3.8, 4) is 0 Å². The van der Waals surface area contributed by atoms with Crippen molar-refractivity contribution in [2.75, 3.05) is 12.8 Å². The molecule has 0 saturated heterocycles. The highest BCUT2D eigenvalue weighted by atomic mass is 35.5. The van der Waals surface area contributed by atoms with Crippen molar-refractivity contribution >= 4 is 31.2 Å². The maximum absolute atomic E-state index is 12.9. The second kappa shape index (κ2) is 7.96. The van der Waals surface area contributed by atoms with E-state index in [-0.39, 0.29) is 25.4 Å². The summed E-state index contributed by atoms with van der Waals surface area (Å²) in [5.74, 6) is -1.21. The number of carbonyl (C=O) groups excluding carboxylic acids is 1. The third-order valence-corrected chi connectivity index (χ3v) is 4.99. The van der Waals surface area contributed by atoms with Gasteiger partial charge in [0.25, 0.3) is 0 Å². The van der Waals surface area contributed by atoms with Gasteiger partial charge in [0.2, 0.25) is 0 Å². The molecule has 0 aliphatic carbocycles. The molecule has 0 fully saturated rings. The molecule has 10 heteroatoms. The largest absolute Gasteiger partial charge is 0.480 e. The highest BCUT2D eigenvalue weighted by Gasteiger charge is 2.38. The molecule has 1 aromatic rings. The number of amides is 2. The van der Waals surface area contributed by atoms with Gasteiger partial charge in [-0.2, -0.15) is 0 Å². The number of urea groups is 1. The summed E-state index contributed by atoms with van der Waals surface area (Å²) < 4.78 is 11.4. The van der Waals surface area contributed by atoms with E-state index in [9.17, 15) is 29.0 Å². The Balaban J connectivity index is 2.34. The van der Waals surface area contributed by atoms with E-state index in [0.717, 1.165) is 20.9 Å². The first-order valence-electron chi connectivity index (χ1n) is 8.08. The van der Waals surface area contributed by atoms with Crippen LogP contribution in [0.15, 0.2) is 18.2 Å². The van der Waals surface area contributed by atoms with Crippen LogP contribution < -0.4 is 0 Å². The fraction of sp³-hybridized carbons (Fsp3) is 0.500. The molecule has 2 amide bonds. The lowest BCUT2D eigenvalue weighted by Gasteiger charge is -2.38. The molecular weight excluding hydrogens is 383 g/mol. The normalized spacial score (nSPS) is 17.2. The maximum Gasteiger partial charge on any atom is 0.344 e. The van der Waals surface area contributed by atoms with Crippen molar-refractivity contribution in [1.82, 2.24) is 9.80 Å². The highest BCUT2D eigenvalue weighted by molar-refractivity contribution is 7.51. The molecule has 2 rings (SSSR count). The summed E-state index contributed by atoms with van der Waals surface area (Å²) in [6.45, 7) is 3.77. The number of rotatable bonds is 5. The molecule has 26 heavy (non-hydrogen) atoms. The average Bonchev–Trinajstić information content (AvgIpc) is 2.50. The fourth-order valence-corrected chi connectivity index (χ4v) is 3.89. The smallest absolute Gasteiger partial charge is 0.344 e. The monoisotopic (exact) mass is 404 g/mol. The molecule has 8 nitrogen and oxygen atoms in total. The number of carboxylic acids is 1. The van der Waals surface area contributed by atoms with Crippen LogP contribution in [0.25, 0.3) is 0 Å². The average molecular weight is 405 g/mol. The van der Waals surface area contributed by atoms with E-state index < -0.39 is 31.9 Å². The summed E-state index contributed by atoms with van der Waals surface area (Å²) >= 11 is 5.96. The van der Waals surface area contributed by atoms with Gasteiger partial charge in [-0.3, -0.25) is 4.57 Å². The minimum absolute atomic E-state index is 0.0374. The van der Waals surface area contributed by atoms with Crippen molar-refractivity contribution in [1.29, 1.82) is 0 Å². The molecule has 0 saturated carbocycles. The first-order valence-corrected chi connectivity index (χ1v) is 10.3. The molecule has 3 N–H and O–H groups in total. The van der Waals surface area contributed by atoms with Crippen LogP contribution in [0.1, 0.15) is 25.0 Å². The summed E-state index contributed by atoms with van der Waals surface area (Å²) in [6.07, 6.45) is -0.664. The Bertz CT molecular complexity index is 750. The number of fused-ring (bicyclic) bond motifs is 1. The van der Waals surface area contributed by atoms with E-state index in [4.69, 9.17) is 11.6 Å². The van der Waals surface area contributed by atoms with Crippen LogP contribution in [-0.4, -0.2) is 55.6 Å². The zero-order valence-electron chi connectivity index (χ0n) is 14.5. The Morgan fingerprint density at radius 3 is 2.54 bits per heavy atom. The molecule has 1 aliphatic heterocycles. The van der Waals surface area contributed by atoms with E-state index >= 15 is 0 Å². The van der Waals surface area contributed by atoms with Gasteiger partial charge in [-0.25, -0.2) is 9.59 Å². The van der Waals surface area contributed by atoms with Crippen LogP contribution in [0.2, 0.25) is 5.02 Å². The summed E-state index contributed by atoms with van der Waals surface area (Å²) in [5, 5.41) is 10.0. The summed E-state index contributed by atoms with van der Waals surface area (Å²) in [6, 6.07) is 3.24. The topological polar surface area (TPSA) is 118 Å². The molecule has 0 spiro atoms. The second-order valence-electron chi connectivity index (χ2n) is 6.80. The van der Waals surface area contributed by atoms with Gasteiger partial charge in [0.1, 0.15) is 12.3 Å². The Morgan fingerprint density at radius 2 is 2.00 bits per heavy atom. The standard InChI is InChI=1S/C16H22ClN2O6P/c1-10(2)7-18(9-26(23,24)25)16(22)19-8-11-3-4-13(17)5-12(11)6-14(19)15(20)21/h3-5,10,14H,6-9H2,1-2H3,(H,20,21)(H2,23,24,25). The maximum atomic E-state index is 12.9. The minimum Gasteiger partial charge on any atom is -0.480 e. The molecule has 1 atom stereocenters. The predicted molar refractivity (Wildman–Crippen MR) is 96.0 cm³/mol. The molecule has 1 heterocycles. The van der Waals surface area contributed by atoms with E-state index in [1.165, 1.54) is 0 Å². The summed E-state index contributed by atoms with van der Waals surface area (Å²) in [4.78, 5) is 45.4. The van der Waals surface area contributed by atoms with Gasteiger partial charge in [0, 0.05) is 24.5 Å². The number of halogens is 1. The minimum atomic E-state index is -4.49. The van der Waals surface area contributed by atoms with Crippen molar-refractivity contribution < 1.29 is 29.0 Å².